The number of guanidine groups is 1. The molecule has 0 spiro atoms. The molecule has 0 saturated heterocycles. The molecular weight excluding hydrogens is 455 g/mol. The molecule has 2 aromatic rings. The van der Waals surface area contributed by atoms with Gasteiger partial charge in [0.05, 0.1) is 17.2 Å². The molecule has 0 fully saturated rings. The van der Waals surface area contributed by atoms with Crippen molar-refractivity contribution in [1.29, 1.82) is 0 Å². The summed E-state index contributed by atoms with van der Waals surface area (Å²) in [5.74, 6) is 0.814. The van der Waals surface area contributed by atoms with Crippen LogP contribution in [0.25, 0.3) is 0 Å². The summed E-state index contributed by atoms with van der Waals surface area (Å²) in [6, 6.07) is 7.99. The number of benzene rings is 1. The van der Waals surface area contributed by atoms with Crippen LogP contribution >= 0.6 is 46.9 Å². The number of nitrogens with one attached hydrogen (secondary N) is 2. The molecule has 7 heteroatoms. The lowest BCUT2D eigenvalue weighted by atomic mass is 10.1. The molecule has 0 amide bonds. The number of hydrogen-bond donors (Lipinski definition) is 2. The highest BCUT2D eigenvalue weighted by molar-refractivity contribution is 14.0. The van der Waals surface area contributed by atoms with Crippen molar-refractivity contribution in [3.63, 3.8) is 0 Å². The van der Waals surface area contributed by atoms with E-state index in [0.29, 0.717) is 0 Å². The summed E-state index contributed by atoms with van der Waals surface area (Å²) in [7, 11) is 1.79. The molecule has 24 heavy (non-hydrogen) atoms. The molecule has 0 atom stereocenters. The fourth-order valence-electron chi connectivity index (χ4n) is 2.31. The van der Waals surface area contributed by atoms with Crippen LogP contribution in [0.5, 0.6) is 0 Å². The Morgan fingerprint density at radius 1 is 1.25 bits per heavy atom. The van der Waals surface area contributed by atoms with E-state index in [9.17, 15) is 0 Å². The number of rotatable bonds is 6. The summed E-state index contributed by atoms with van der Waals surface area (Å²) in [6.45, 7) is 5.68. The van der Waals surface area contributed by atoms with E-state index in [2.05, 4.69) is 26.7 Å². The van der Waals surface area contributed by atoms with Crippen molar-refractivity contribution in [2.24, 2.45) is 4.99 Å². The first-order chi connectivity index (χ1) is 11.1. The molecule has 132 valence electrons. The Morgan fingerprint density at radius 3 is 2.62 bits per heavy atom. The number of halogens is 2. The predicted molar refractivity (Wildman–Crippen MR) is 115 cm³/mol. The van der Waals surface area contributed by atoms with Crippen molar-refractivity contribution < 1.29 is 0 Å². The maximum absolute atomic E-state index is 6.17. The molecule has 2 N–H and O–H groups in total. The molecular formula is C17H24ClIN4S. The van der Waals surface area contributed by atoms with Gasteiger partial charge in [-0.2, -0.15) is 0 Å². The van der Waals surface area contributed by atoms with Gasteiger partial charge in [0.25, 0.3) is 0 Å². The molecule has 1 aromatic carbocycles. The highest BCUT2D eigenvalue weighted by Crippen LogP contribution is 2.17. The standard InChI is InChI=1S/C17H23ClN4S.HI/c1-12-16(23-13(2)22-12)11-21-17(19-3)20-10-6-8-14-7-4-5-9-15(14)18;/h4-5,7,9H,6,8,10-11H2,1-3H3,(H2,19,20,21);1H. The first-order valence-corrected chi connectivity index (χ1v) is 8.90. The smallest absolute Gasteiger partial charge is 0.191 e. The van der Waals surface area contributed by atoms with Gasteiger partial charge in [-0.15, -0.1) is 35.3 Å². The molecule has 0 radical (unpaired) electrons. The second kappa shape index (κ2) is 10.9. The number of aliphatic imine (C=N–C) groups is 1. The van der Waals surface area contributed by atoms with Crippen LogP contribution in [0.1, 0.15) is 27.6 Å². The highest BCUT2D eigenvalue weighted by Gasteiger charge is 2.06. The maximum atomic E-state index is 6.17. The first-order valence-electron chi connectivity index (χ1n) is 7.71. The third kappa shape index (κ3) is 6.57. The zero-order chi connectivity index (χ0) is 16.7. The van der Waals surface area contributed by atoms with Gasteiger partial charge < -0.3 is 10.6 Å². The normalized spacial score (nSPS) is 11.1. The summed E-state index contributed by atoms with van der Waals surface area (Å²) in [6.07, 6.45) is 1.96. The number of hydrogen-bond acceptors (Lipinski definition) is 3. The van der Waals surface area contributed by atoms with E-state index >= 15 is 0 Å². The Labute approximate surface area is 170 Å². The van der Waals surface area contributed by atoms with Gasteiger partial charge in [-0.3, -0.25) is 4.99 Å². The Bertz CT molecular complexity index is 672. The topological polar surface area (TPSA) is 49.3 Å². The monoisotopic (exact) mass is 478 g/mol. The van der Waals surface area contributed by atoms with Gasteiger partial charge in [0.1, 0.15) is 0 Å². The van der Waals surface area contributed by atoms with E-state index in [0.717, 1.165) is 47.6 Å². The van der Waals surface area contributed by atoms with E-state index in [1.165, 1.54) is 10.4 Å². The summed E-state index contributed by atoms with van der Waals surface area (Å²) in [5, 5.41) is 8.61. The Kier molecular flexibility index (Phi) is 9.61. The van der Waals surface area contributed by atoms with Crippen LogP contribution in [-0.2, 0) is 13.0 Å². The minimum Gasteiger partial charge on any atom is -0.356 e. The van der Waals surface area contributed by atoms with Crippen molar-refractivity contribution in [3.05, 3.63) is 50.4 Å². The quantitative estimate of drug-likeness (QED) is 0.281. The van der Waals surface area contributed by atoms with Crippen molar-refractivity contribution in [3.8, 4) is 0 Å². The third-order valence-electron chi connectivity index (χ3n) is 3.51. The van der Waals surface area contributed by atoms with Crippen molar-refractivity contribution in [2.45, 2.75) is 33.2 Å². The predicted octanol–water partition coefficient (Wildman–Crippen LogP) is 4.33. The van der Waals surface area contributed by atoms with Gasteiger partial charge in [-0.1, -0.05) is 29.8 Å². The summed E-state index contributed by atoms with van der Waals surface area (Å²) in [4.78, 5) is 9.94. The van der Waals surface area contributed by atoms with E-state index in [-0.39, 0.29) is 24.0 Å². The fraction of sp³-hybridized carbons (Fsp3) is 0.412. The second-order valence-electron chi connectivity index (χ2n) is 5.29. The van der Waals surface area contributed by atoms with Crippen LogP contribution in [0, 0.1) is 13.8 Å². The Balaban J connectivity index is 0.00000288. The molecule has 0 saturated carbocycles. The van der Waals surface area contributed by atoms with Crippen molar-refractivity contribution >= 4 is 52.9 Å². The number of nitrogens with zero attached hydrogens (tertiary/aromatic N) is 2. The lowest BCUT2D eigenvalue weighted by Gasteiger charge is -2.11. The number of aromatic nitrogens is 1. The maximum Gasteiger partial charge on any atom is 0.191 e. The zero-order valence-corrected chi connectivity index (χ0v) is 18.1. The second-order valence-corrected chi connectivity index (χ2v) is 6.98. The summed E-state index contributed by atoms with van der Waals surface area (Å²) < 4.78 is 0. The van der Waals surface area contributed by atoms with Gasteiger partial charge >= 0.3 is 0 Å². The SMILES string of the molecule is CN=C(NCCCc1ccccc1Cl)NCc1sc(C)nc1C.I. The average molecular weight is 479 g/mol. The third-order valence-corrected chi connectivity index (χ3v) is 4.95. The van der Waals surface area contributed by atoms with Gasteiger partial charge in [0, 0.05) is 23.5 Å². The average Bonchev–Trinajstić information content (AvgIpc) is 2.86. The number of aryl methyl sites for hydroxylation is 3. The molecule has 1 aromatic heterocycles. The van der Waals surface area contributed by atoms with E-state index in [1.54, 1.807) is 18.4 Å². The molecule has 0 aliphatic carbocycles. The molecule has 0 aliphatic heterocycles. The van der Waals surface area contributed by atoms with E-state index < -0.39 is 0 Å². The van der Waals surface area contributed by atoms with Crippen LogP contribution in [0.3, 0.4) is 0 Å². The van der Waals surface area contributed by atoms with Gasteiger partial charge in [-0.25, -0.2) is 4.98 Å². The molecule has 1 heterocycles. The molecule has 0 aliphatic rings. The first kappa shape index (κ1) is 21.2. The van der Waals surface area contributed by atoms with Crippen LogP contribution in [0.2, 0.25) is 5.02 Å². The largest absolute Gasteiger partial charge is 0.356 e. The van der Waals surface area contributed by atoms with Crippen molar-refractivity contribution in [1.82, 2.24) is 15.6 Å². The lowest BCUT2D eigenvalue weighted by Crippen LogP contribution is -2.37. The van der Waals surface area contributed by atoms with E-state index in [4.69, 9.17) is 11.6 Å². The zero-order valence-electron chi connectivity index (χ0n) is 14.2. The molecule has 4 nitrogen and oxygen atoms in total. The minimum absolute atomic E-state index is 0. The lowest BCUT2D eigenvalue weighted by molar-refractivity contribution is 0.743. The van der Waals surface area contributed by atoms with Crippen LogP contribution < -0.4 is 10.6 Å². The Hall–Kier alpha value is -0.860. The molecule has 0 unspecified atom stereocenters. The van der Waals surface area contributed by atoms with Crippen LogP contribution in [-0.4, -0.2) is 24.5 Å². The van der Waals surface area contributed by atoms with Gasteiger partial charge in [-0.05, 0) is 38.3 Å². The van der Waals surface area contributed by atoms with Crippen LogP contribution in [0.15, 0.2) is 29.3 Å². The number of thiazole rings is 1. The van der Waals surface area contributed by atoms with Crippen LogP contribution in [0.4, 0.5) is 0 Å². The Morgan fingerprint density at radius 2 is 2.00 bits per heavy atom. The molecule has 0 bridgehead atoms. The fourth-order valence-corrected chi connectivity index (χ4v) is 3.42. The van der Waals surface area contributed by atoms with Gasteiger partial charge in [0.2, 0.25) is 0 Å². The van der Waals surface area contributed by atoms with Gasteiger partial charge in [0.15, 0.2) is 5.96 Å². The van der Waals surface area contributed by atoms with Crippen molar-refractivity contribution in [2.75, 3.05) is 13.6 Å². The minimum atomic E-state index is 0. The summed E-state index contributed by atoms with van der Waals surface area (Å²) >= 11 is 7.89. The molecule has 2 rings (SSSR count). The van der Waals surface area contributed by atoms with E-state index in [1.807, 2.05) is 32.0 Å². The summed E-state index contributed by atoms with van der Waals surface area (Å²) in [5.41, 5.74) is 2.28. The highest BCUT2D eigenvalue weighted by atomic mass is 127.